The molecule has 2 aliphatic rings. The van der Waals surface area contributed by atoms with Gasteiger partial charge in [-0.3, -0.25) is 4.79 Å². The van der Waals surface area contributed by atoms with Gasteiger partial charge in [-0.05, 0) is 37.5 Å². The Balaban J connectivity index is 1.45. The molecule has 0 spiro atoms. The van der Waals surface area contributed by atoms with Crippen molar-refractivity contribution in [2.24, 2.45) is 7.05 Å². The largest absolute Gasteiger partial charge is 0.348 e. The molecule has 1 amide bonds. The Labute approximate surface area is 172 Å². The third-order valence-electron chi connectivity index (χ3n) is 6.11. The topological polar surface area (TPSA) is 97.0 Å². The lowest BCUT2D eigenvalue weighted by Crippen LogP contribution is -2.42. The summed E-state index contributed by atoms with van der Waals surface area (Å²) in [5, 5.41) is 9.28. The summed E-state index contributed by atoms with van der Waals surface area (Å²) < 4.78 is 3.47. The molecule has 1 aliphatic heterocycles. The van der Waals surface area contributed by atoms with Crippen LogP contribution in [0, 0.1) is 6.92 Å². The number of fused-ring (bicyclic) bond motifs is 2. The number of aromatic nitrogens is 7. The smallest absolute Gasteiger partial charge is 0.292 e. The molecule has 0 unspecified atom stereocenters. The fourth-order valence-electron chi connectivity index (χ4n) is 4.34. The number of carbonyl (C=O) groups excluding carboxylic acids is 1. The average Bonchev–Trinajstić information content (AvgIpc) is 3.14. The van der Waals surface area contributed by atoms with Gasteiger partial charge in [-0.2, -0.15) is 10.2 Å². The van der Waals surface area contributed by atoms with E-state index in [2.05, 4.69) is 39.1 Å². The van der Waals surface area contributed by atoms with E-state index in [0.29, 0.717) is 18.3 Å². The van der Waals surface area contributed by atoms with E-state index in [-0.39, 0.29) is 11.9 Å². The molecule has 6 rings (SSSR count). The minimum atomic E-state index is -0.368. The Morgan fingerprint density at radius 3 is 2.93 bits per heavy atom. The van der Waals surface area contributed by atoms with Crippen LogP contribution >= 0.6 is 0 Å². The number of aryl methyl sites for hydroxylation is 2. The van der Waals surface area contributed by atoms with E-state index in [1.165, 1.54) is 0 Å². The van der Waals surface area contributed by atoms with E-state index >= 15 is 0 Å². The van der Waals surface area contributed by atoms with Gasteiger partial charge in [-0.1, -0.05) is 6.07 Å². The van der Waals surface area contributed by atoms with Crippen molar-refractivity contribution in [3.05, 3.63) is 65.0 Å². The summed E-state index contributed by atoms with van der Waals surface area (Å²) in [5.41, 5.74) is 4.86. The Hall–Kier alpha value is -3.49. The average molecular weight is 402 g/mol. The zero-order chi connectivity index (χ0) is 20.4. The number of nitrogens with one attached hydrogen (secondary N) is 1. The van der Waals surface area contributed by atoms with Crippen LogP contribution in [0.25, 0.3) is 5.52 Å². The van der Waals surface area contributed by atoms with Crippen molar-refractivity contribution in [1.82, 2.24) is 39.2 Å². The molecule has 4 aromatic heterocycles. The number of amides is 1. The first-order valence-corrected chi connectivity index (χ1v) is 10.3. The van der Waals surface area contributed by atoms with Crippen LogP contribution in [-0.4, -0.2) is 51.7 Å². The fourth-order valence-corrected chi connectivity index (χ4v) is 4.34. The van der Waals surface area contributed by atoms with Crippen molar-refractivity contribution in [2.45, 2.75) is 38.1 Å². The molecule has 0 saturated heterocycles. The molecule has 1 N–H and O–H groups in total. The number of H-pyrrole nitrogens is 1. The Kier molecular flexibility index (Phi) is 3.62. The maximum absolute atomic E-state index is 13.6. The lowest BCUT2D eigenvalue weighted by molar-refractivity contribution is 0.0669. The predicted molar refractivity (Wildman–Crippen MR) is 108 cm³/mol. The van der Waals surface area contributed by atoms with E-state index in [1.807, 2.05) is 21.7 Å². The highest BCUT2D eigenvalue weighted by molar-refractivity contribution is 5.91. The van der Waals surface area contributed by atoms with E-state index < -0.39 is 0 Å². The quantitative estimate of drug-likeness (QED) is 0.566. The predicted octanol–water partition coefficient (Wildman–Crippen LogP) is 2.16. The number of aromatic amines is 1. The molecule has 4 aromatic rings. The summed E-state index contributed by atoms with van der Waals surface area (Å²) in [6.45, 7) is 2.63. The van der Waals surface area contributed by atoms with Gasteiger partial charge in [0.25, 0.3) is 5.91 Å². The standard InChI is InChI=1S/C21H22N8O/c1-12-4-3-8-29-16(12)10-15(25-29)18-17-14(22-11-23-17)7-9-28(18)21(30)20-24-19(13-5-6-13)26-27(20)2/h3-4,8,10-11,13,18H,5-7,9H2,1-2H3,(H,22,23)/t18-/m1/s1. The minimum absolute atomic E-state index is 0.135. The van der Waals surface area contributed by atoms with Gasteiger partial charge in [0, 0.05) is 37.8 Å². The summed E-state index contributed by atoms with van der Waals surface area (Å²) in [6.07, 6.45) is 6.54. The maximum Gasteiger partial charge on any atom is 0.292 e. The highest BCUT2D eigenvalue weighted by Crippen LogP contribution is 2.39. The zero-order valence-electron chi connectivity index (χ0n) is 16.9. The molecule has 0 radical (unpaired) electrons. The van der Waals surface area contributed by atoms with E-state index in [0.717, 1.165) is 53.2 Å². The highest BCUT2D eigenvalue weighted by Gasteiger charge is 2.38. The number of carbonyl (C=O) groups is 1. The first-order valence-electron chi connectivity index (χ1n) is 10.3. The molecular weight excluding hydrogens is 380 g/mol. The van der Waals surface area contributed by atoms with Crippen molar-refractivity contribution >= 4 is 11.4 Å². The number of imidazole rings is 1. The van der Waals surface area contributed by atoms with Crippen LogP contribution in [0.4, 0.5) is 0 Å². The van der Waals surface area contributed by atoms with Gasteiger partial charge in [-0.25, -0.2) is 19.2 Å². The van der Waals surface area contributed by atoms with Gasteiger partial charge >= 0.3 is 0 Å². The number of hydrogen-bond acceptors (Lipinski definition) is 5. The lowest BCUT2D eigenvalue weighted by atomic mass is 9.99. The number of rotatable bonds is 3. The third kappa shape index (κ3) is 2.58. The first-order chi connectivity index (χ1) is 14.6. The Morgan fingerprint density at radius 1 is 1.27 bits per heavy atom. The molecular formula is C21H22N8O. The summed E-state index contributed by atoms with van der Waals surface area (Å²) in [6, 6.07) is 5.72. The second kappa shape index (κ2) is 6.25. The molecule has 9 nitrogen and oxygen atoms in total. The highest BCUT2D eigenvalue weighted by atomic mass is 16.2. The summed E-state index contributed by atoms with van der Waals surface area (Å²) in [4.78, 5) is 27.8. The van der Waals surface area contributed by atoms with Crippen molar-refractivity contribution in [3.63, 3.8) is 0 Å². The molecule has 1 fully saturated rings. The summed E-state index contributed by atoms with van der Waals surface area (Å²) in [5.74, 6) is 1.41. The van der Waals surface area contributed by atoms with E-state index in [4.69, 9.17) is 5.10 Å². The van der Waals surface area contributed by atoms with E-state index in [1.54, 1.807) is 18.1 Å². The SMILES string of the molecule is Cc1cccn2nc([C@@H]3c4nc[nH]c4CCN3C(=O)c3nc(C4CC4)nn3C)cc12. The molecule has 1 aliphatic carbocycles. The van der Waals surface area contributed by atoms with Crippen LogP contribution in [0.3, 0.4) is 0 Å². The molecule has 0 aromatic carbocycles. The second-order valence-electron chi connectivity index (χ2n) is 8.20. The number of hydrogen-bond donors (Lipinski definition) is 1. The molecule has 152 valence electrons. The zero-order valence-corrected chi connectivity index (χ0v) is 16.9. The third-order valence-corrected chi connectivity index (χ3v) is 6.11. The van der Waals surface area contributed by atoms with Crippen LogP contribution in [0.2, 0.25) is 0 Å². The summed E-state index contributed by atoms with van der Waals surface area (Å²) in [7, 11) is 1.79. The molecule has 5 heterocycles. The fraction of sp³-hybridized carbons (Fsp3) is 0.381. The van der Waals surface area contributed by atoms with Crippen LogP contribution in [-0.2, 0) is 13.5 Å². The summed E-state index contributed by atoms with van der Waals surface area (Å²) >= 11 is 0. The normalized spacial score (nSPS) is 18.7. The van der Waals surface area contributed by atoms with Crippen LogP contribution < -0.4 is 0 Å². The van der Waals surface area contributed by atoms with Crippen LogP contribution in [0.15, 0.2) is 30.7 Å². The van der Waals surface area contributed by atoms with Gasteiger partial charge in [0.05, 0.1) is 23.2 Å². The van der Waals surface area contributed by atoms with Crippen molar-refractivity contribution < 1.29 is 4.79 Å². The second-order valence-corrected chi connectivity index (χ2v) is 8.20. The van der Waals surface area contributed by atoms with Gasteiger partial charge in [-0.15, -0.1) is 0 Å². The molecule has 30 heavy (non-hydrogen) atoms. The van der Waals surface area contributed by atoms with Gasteiger partial charge < -0.3 is 9.88 Å². The van der Waals surface area contributed by atoms with Crippen molar-refractivity contribution in [3.8, 4) is 0 Å². The van der Waals surface area contributed by atoms with Crippen LogP contribution in [0.1, 0.15) is 63.9 Å². The molecule has 0 bridgehead atoms. The van der Waals surface area contributed by atoms with Crippen molar-refractivity contribution in [2.75, 3.05) is 6.54 Å². The first kappa shape index (κ1) is 17.4. The van der Waals surface area contributed by atoms with E-state index in [9.17, 15) is 4.79 Å². The lowest BCUT2D eigenvalue weighted by Gasteiger charge is -2.33. The molecule has 1 saturated carbocycles. The van der Waals surface area contributed by atoms with Crippen molar-refractivity contribution in [1.29, 1.82) is 0 Å². The minimum Gasteiger partial charge on any atom is -0.348 e. The Bertz CT molecular complexity index is 1280. The van der Waals surface area contributed by atoms with Gasteiger partial charge in [0.15, 0.2) is 5.82 Å². The van der Waals surface area contributed by atoms with Crippen LogP contribution in [0.5, 0.6) is 0 Å². The molecule has 9 heteroatoms. The number of nitrogens with zero attached hydrogens (tertiary/aromatic N) is 7. The molecule has 1 atom stereocenters. The maximum atomic E-state index is 13.6. The Morgan fingerprint density at radius 2 is 2.13 bits per heavy atom. The number of pyridine rings is 1. The van der Waals surface area contributed by atoms with Gasteiger partial charge in [0.1, 0.15) is 6.04 Å². The van der Waals surface area contributed by atoms with Gasteiger partial charge in [0.2, 0.25) is 5.82 Å². The monoisotopic (exact) mass is 402 g/mol.